The molecule has 3 heterocycles. The molecule has 350 valence electrons. The van der Waals surface area contributed by atoms with Gasteiger partial charge < -0.3 is 19.6 Å². The molecule has 0 bridgehead atoms. The van der Waals surface area contributed by atoms with Crippen molar-refractivity contribution in [2.75, 3.05) is 4.90 Å². The van der Waals surface area contributed by atoms with Crippen molar-refractivity contribution in [3.8, 4) is 33.5 Å². The molecule has 12 rings (SSSR count). The number of hydrogen-bond acceptors (Lipinski definition) is 3. The van der Waals surface area contributed by atoms with Crippen LogP contribution in [0.3, 0.4) is 0 Å². The number of benzene rings is 9. The monoisotopic (exact) mass is 1120 g/mol. The number of fused-ring (bicyclic) bond motifs is 9. The summed E-state index contributed by atoms with van der Waals surface area (Å²) in [5.74, 6) is -0.361. The second-order valence-electron chi connectivity index (χ2n) is 19.8. The molecule has 71 heavy (non-hydrogen) atoms. The summed E-state index contributed by atoms with van der Waals surface area (Å²) in [6, 6.07) is 72.9. The number of nitrogens with zero attached hydrogens (tertiary/aromatic N) is 3. The van der Waals surface area contributed by atoms with Gasteiger partial charge >= 0.3 is 20.1 Å². The van der Waals surface area contributed by atoms with Crippen molar-refractivity contribution in [2.45, 2.75) is 59.4 Å². The van der Waals surface area contributed by atoms with Gasteiger partial charge in [-0.1, -0.05) is 204 Å². The van der Waals surface area contributed by atoms with E-state index < -0.39 is 20.1 Å². The van der Waals surface area contributed by atoms with Crippen LogP contribution in [0.25, 0.3) is 82.3 Å². The number of hydrogen-bond donors (Lipinski definition) is 0. The van der Waals surface area contributed by atoms with Crippen LogP contribution in [-0.2, 0) is 20.1 Å². The van der Waals surface area contributed by atoms with Crippen LogP contribution < -0.4 is 10.1 Å². The molecule has 6 heteroatoms. The molecular weight excluding hydrogens is 1060 g/mol. The number of furan rings is 1. The van der Waals surface area contributed by atoms with E-state index in [1.54, 1.807) is 0 Å². The van der Waals surface area contributed by atoms with E-state index in [4.69, 9.17) is 11.1 Å². The Balaban J connectivity index is 0.000000220. The summed E-state index contributed by atoms with van der Waals surface area (Å²) in [4.78, 5) is 7.12. The standard InChI is InChI=1S/C46H30N2O.C19H26NSi.Ir/c1-29-24-26-39(45-42(29)38-22-12-13-23-41(38)49-45)46-47-43-36-20-10-8-18-34(36)35-19-9-11-21-37(35)44(43)48(46)40-28-32(30-14-4-2-5-15-30)25-27-33(40)31-16-6-3-7-17-31;1-14(2)15(3)17-12-18(16-10-8-7-9-11-16)20-13-19(17)21(4,5)6;/h2-25,27-28,46H,1H3;7-10,12-15H,1-6H3;/q-2;-1;+3/i;15D;. The Morgan fingerprint density at radius 1 is 0.662 bits per heavy atom. The third-order valence-corrected chi connectivity index (χ3v) is 16.0. The van der Waals surface area contributed by atoms with Crippen molar-refractivity contribution >= 4 is 73.8 Å². The molecular formula is C65H56IrN3OSi. The molecule has 2 aromatic heterocycles. The summed E-state index contributed by atoms with van der Waals surface area (Å²) in [6.45, 7) is 15.4. The van der Waals surface area contributed by atoms with Gasteiger partial charge in [0.2, 0.25) is 0 Å². The zero-order valence-electron chi connectivity index (χ0n) is 42.2. The quantitative estimate of drug-likeness (QED) is 0.0865. The molecule has 4 nitrogen and oxygen atoms in total. The Bertz CT molecular complexity index is 3750. The molecule has 0 radical (unpaired) electrons. The Hall–Kier alpha value is -7.08. The summed E-state index contributed by atoms with van der Waals surface area (Å²) < 4.78 is 15.6. The van der Waals surface area contributed by atoms with Crippen LogP contribution in [0.15, 0.2) is 199 Å². The van der Waals surface area contributed by atoms with E-state index in [1.807, 2.05) is 43.5 Å². The molecule has 0 amide bonds. The van der Waals surface area contributed by atoms with Crippen molar-refractivity contribution in [3.05, 3.63) is 228 Å². The average Bonchev–Trinajstić information content (AvgIpc) is 4.00. The predicted molar refractivity (Wildman–Crippen MR) is 299 cm³/mol. The van der Waals surface area contributed by atoms with Crippen molar-refractivity contribution in [3.63, 3.8) is 0 Å². The Morgan fingerprint density at radius 2 is 1.28 bits per heavy atom. The maximum absolute atomic E-state index is 8.89. The first-order valence-electron chi connectivity index (χ1n) is 24.9. The van der Waals surface area contributed by atoms with Crippen LogP contribution in [0.5, 0.6) is 0 Å². The molecule has 2 atom stereocenters. The van der Waals surface area contributed by atoms with E-state index in [0.29, 0.717) is 0 Å². The number of pyridine rings is 1. The molecule has 0 saturated heterocycles. The van der Waals surface area contributed by atoms with Crippen LogP contribution in [0.2, 0.25) is 19.6 Å². The molecule has 0 spiro atoms. The number of aryl methyl sites for hydroxylation is 1. The van der Waals surface area contributed by atoms with Gasteiger partial charge in [0.15, 0.2) is 0 Å². The van der Waals surface area contributed by atoms with Gasteiger partial charge in [-0.05, 0) is 73.8 Å². The fraction of sp³-hybridized carbons (Fsp3) is 0.154. The van der Waals surface area contributed by atoms with E-state index in [9.17, 15) is 0 Å². The molecule has 2 unspecified atom stereocenters. The first-order chi connectivity index (χ1) is 34.4. The maximum atomic E-state index is 8.89. The molecule has 11 aromatic rings. The molecule has 9 aromatic carbocycles. The van der Waals surface area contributed by atoms with Crippen LogP contribution in [-0.4, -0.2) is 13.1 Å². The van der Waals surface area contributed by atoms with Crippen molar-refractivity contribution in [2.24, 2.45) is 5.92 Å². The summed E-state index contributed by atoms with van der Waals surface area (Å²) in [7, 11) is -1.55. The summed E-state index contributed by atoms with van der Waals surface area (Å²) >= 11 is 0. The van der Waals surface area contributed by atoms with Gasteiger partial charge in [0.25, 0.3) is 0 Å². The number of rotatable bonds is 8. The molecule has 0 saturated carbocycles. The fourth-order valence-electron chi connectivity index (χ4n) is 10.2. The summed E-state index contributed by atoms with van der Waals surface area (Å²) in [6.07, 6.45) is 1.58. The number of para-hydroxylation sites is 1. The third kappa shape index (κ3) is 8.80. The van der Waals surface area contributed by atoms with Gasteiger partial charge in [0, 0.05) is 40.9 Å². The van der Waals surface area contributed by atoms with Gasteiger partial charge in [0.05, 0.1) is 8.07 Å². The molecule has 1 aliphatic rings. The van der Waals surface area contributed by atoms with Gasteiger partial charge in [-0.2, -0.15) is 12.1 Å². The Kier molecular flexibility index (Phi) is 12.8. The van der Waals surface area contributed by atoms with Gasteiger partial charge in [-0.15, -0.1) is 52.7 Å². The minimum Gasteiger partial charge on any atom is -0.660 e. The first kappa shape index (κ1) is 46.3. The van der Waals surface area contributed by atoms with Crippen LogP contribution in [0, 0.1) is 25.0 Å². The molecule has 1 aliphatic heterocycles. The molecule has 0 aliphatic carbocycles. The van der Waals surface area contributed by atoms with E-state index in [-0.39, 0.29) is 26.0 Å². The average molecular weight is 1120 g/mol. The first-order valence-corrected chi connectivity index (χ1v) is 27.9. The van der Waals surface area contributed by atoms with E-state index in [0.717, 1.165) is 89.0 Å². The topological polar surface area (TPSA) is 43.4 Å². The van der Waals surface area contributed by atoms with E-state index >= 15 is 0 Å². The summed E-state index contributed by atoms with van der Waals surface area (Å²) in [5.41, 5.74) is 14.6. The molecule has 0 N–H and O–H groups in total. The van der Waals surface area contributed by atoms with Crippen molar-refractivity contribution in [1.82, 2.24) is 4.98 Å². The predicted octanol–water partition coefficient (Wildman–Crippen LogP) is 18.0. The Labute approximate surface area is 434 Å². The van der Waals surface area contributed by atoms with Crippen LogP contribution >= 0.6 is 0 Å². The smallest absolute Gasteiger partial charge is 0.660 e. The maximum Gasteiger partial charge on any atom is 3.00 e. The largest absolute Gasteiger partial charge is 3.00 e. The summed E-state index contributed by atoms with van der Waals surface area (Å²) in [5, 5.41) is 13.9. The van der Waals surface area contributed by atoms with Crippen molar-refractivity contribution < 1.29 is 25.9 Å². The molecule has 0 fully saturated rings. The Morgan fingerprint density at radius 3 is 1.96 bits per heavy atom. The van der Waals surface area contributed by atoms with E-state index in [1.165, 1.54) is 26.9 Å². The normalized spacial score (nSPS) is 14.4. The van der Waals surface area contributed by atoms with Gasteiger partial charge in [-0.3, -0.25) is 0 Å². The fourth-order valence-corrected chi connectivity index (χ4v) is 11.7. The third-order valence-electron chi connectivity index (χ3n) is 14.0. The van der Waals surface area contributed by atoms with Crippen LogP contribution in [0.4, 0.5) is 17.1 Å². The second-order valence-corrected chi connectivity index (χ2v) is 24.8. The second kappa shape index (κ2) is 19.6. The SMILES string of the molecule is Cc1c[c-]c(C2[N-]c3c(c4ccccc4c4ccccc34)N2c2cc(-c3ccccc3)ccc2-c2ccccc2)c2oc3ccccc3c12.[2H]C(C)(c1cc(-c2[c-]cccc2)ncc1[Si](C)(C)C)C(C)C.[Ir+3]. The zero-order chi connectivity index (χ0) is 49.0. The van der Waals surface area contributed by atoms with Crippen LogP contribution in [0.1, 0.15) is 50.9 Å². The van der Waals surface area contributed by atoms with E-state index in [2.05, 4.69) is 220 Å². The number of aromatic nitrogens is 1. The minimum atomic E-state index is -1.55. The van der Waals surface area contributed by atoms with Gasteiger partial charge in [-0.25, -0.2) is 0 Å². The minimum absolute atomic E-state index is 0. The zero-order valence-corrected chi connectivity index (χ0v) is 44.6. The van der Waals surface area contributed by atoms with Crippen molar-refractivity contribution in [1.29, 1.82) is 0 Å². The van der Waals surface area contributed by atoms with Gasteiger partial charge in [0.1, 0.15) is 5.58 Å². The number of anilines is 2.